The van der Waals surface area contributed by atoms with E-state index in [1.54, 1.807) is 0 Å². The van der Waals surface area contributed by atoms with Crippen LogP contribution in [0.2, 0.25) is 12.6 Å². The van der Waals surface area contributed by atoms with Crippen molar-refractivity contribution in [3.8, 4) is 0 Å². The normalized spacial score (nSPS) is 26.3. The number of oxime groups is 6. The SMILES string of the molecule is CCCCSC1=NO[B-]2(CCCC)O/N=C(/SCCCC)C=NO[B-](CCCC)(O/N=C\1)O/N=C\C(SCCCC)=N/O2. The highest BCUT2D eigenvalue weighted by molar-refractivity contribution is 8.16. The van der Waals surface area contributed by atoms with E-state index in [1.807, 2.05) is 0 Å². The summed E-state index contributed by atoms with van der Waals surface area (Å²) in [5, 5.41) is 27.3. The van der Waals surface area contributed by atoms with Gasteiger partial charge in [0.2, 0.25) is 0 Å². The molecule has 0 aliphatic carbocycles. The molecule has 43 heavy (non-hydrogen) atoms. The Morgan fingerprint density at radius 3 is 1.07 bits per heavy atom. The largest absolute Gasteiger partial charge is 0.609 e. The molecule has 0 spiro atoms. The maximum Gasteiger partial charge on any atom is 0.609 e. The second kappa shape index (κ2) is 22.5. The summed E-state index contributed by atoms with van der Waals surface area (Å²) in [6.07, 6.45) is 14.4. The summed E-state index contributed by atoms with van der Waals surface area (Å²) in [4.78, 5) is 0. The first-order valence-corrected chi connectivity index (χ1v) is 18.6. The van der Waals surface area contributed by atoms with E-state index in [2.05, 4.69) is 65.6 Å². The van der Waals surface area contributed by atoms with Gasteiger partial charge in [-0.05, 0) is 36.5 Å². The van der Waals surface area contributed by atoms with Gasteiger partial charge in [-0.2, -0.15) is 0 Å². The van der Waals surface area contributed by atoms with E-state index in [-0.39, 0.29) is 0 Å². The van der Waals surface area contributed by atoms with Gasteiger partial charge in [0.1, 0.15) is 0 Å². The smallest absolute Gasteiger partial charge is 0.540 e. The molecule has 244 valence electrons. The lowest BCUT2D eigenvalue weighted by molar-refractivity contribution is 0.0636. The van der Waals surface area contributed by atoms with Gasteiger partial charge in [0, 0.05) is 0 Å². The molecule has 0 saturated carbocycles. The van der Waals surface area contributed by atoms with Crippen LogP contribution in [0.15, 0.2) is 30.9 Å². The van der Waals surface area contributed by atoms with Crippen molar-refractivity contribution in [1.82, 2.24) is 0 Å². The Labute approximate surface area is 270 Å². The summed E-state index contributed by atoms with van der Waals surface area (Å²) in [5.41, 5.74) is 0. The fraction of sp³-hybridized carbons (Fsp3) is 0.769. The molecule has 12 nitrogen and oxygen atoms in total. The molecule has 2 bridgehead atoms. The first kappa shape index (κ1) is 37.2. The van der Waals surface area contributed by atoms with Gasteiger partial charge in [-0.15, -0.1) is 66.2 Å². The van der Waals surface area contributed by atoms with Crippen LogP contribution in [-0.2, 0) is 28.5 Å². The molecule has 3 aliphatic rings. The molecule has 3 rings (SSSR count). The number of unbranched alkanes of at least 4 members (excludes halogenated alkanes) is 5. The topological polar surface area (TPSA) is 130 Å². The molecule has 0 radical (unpaired) electrons. The molecule has 3 heterocycles. The number of thioether (sulfide) groups is 3. The lowest BCUT2D eigenvalue weighted by Crippen LogP contribution is -2.43. The van der Waals surface area contributed by atoms with Crippen molar-refractivity contribution >= 4 is 82.6 Å². The van der Waals surface area contributed by atoms with Crippen LogP contribution in [0.3, 0.4) is 0 Å². The average Bonchev–Trinajstić information content (AvgIpc) is 3.01. The van der Waals surface area contributed by atoms with E-state index >= 15 is 0 Å². The third kappa shape index (κ3) is 15.0. The minimum atomic E-state index is -2.61. The Bertz CT molecular complexity index is 868. The van der Waals surface area contributed by atoms with Crippen molar-refractivity contribution in [3.63, 3.8) is 0 Å². The highest BCUT2D eigenvalue weighted by Gasteiger charge is 2.39. The molecule has 3 aliphatic heterocycles. The van der Waals surface area contributed by atoms with Gasteiger partial charge in [0.05, 0.1) is 18.6 Å². The summed E-state index contributed by atoms with van der Waals surface area (Å²) >= 11 is 4.44. The summed E-state index contributed by atoms with van der Waals surface area (Å²) in [5.74, 6) is 2.42. The molecule has 0 saturated heterocycles. The molecular weight excluding hydrogens is 610 g/mol. The molecule has 2 unspecified atom stereocenters. The van der Waals surface area contributed by atoms with Crippen LogP contribution >= 0.6 is 35.3 Å². The van der Waals surface area contributed by atoms with Crippen LogP contribution < -0.4 is 0 Å². The van der Waals surface area contributed by atoms with E-state index in [9.17, 15) is 0 Å². The minimum absolute atomic E-state index is 0.357. The lowest BCUT2D eigenvalue weighted by atomic mass is 9.73. The second-order valence-corrected chi connectivity index (χ2v) is 13.4. The molecule has 0 aromatic carbocycles. The van der Waals surface area contributed by atoms with Crippen LogP contribution in [-0.4, -0.2) is 64.5 Å². The number of hydrogen-bond acceptors (Lipinski definition) is 15. The van der Waals surface area contributed by atoms with Crippen molar-refractivity contribution < 1.29 is 28.5 Å². The first-order chi connectivity index (χ1) is 21.0. The van der Waals surface area contributed by atoms with E-state index in [0.29, 0.717) is 27.8 Å². The second-order valence-electron chi connectivity index (χ2n) is 10.1. The maximum absolute atomic E-state index is 6.11. The third-order valence-electron chi connectivity index (χ3n) is 6.13. The van der Waals surface area contributed by atoms with Gasteiger partial charge in [-0.25, -0.2) is 0 Å². The zero-order valence-corrected chi connectivity index (χ0v) is 28.8. The summed E-state index contributed by atoms with van der Waals surface area (Å²) < 4.78 is 36.1. The third-order valence-corrected chi connectivity index (χ3v) is 9.04. The highest BCUT2D eigenvalue weighted by Crippen LogP contribution is 2.25. The fourth-order valence-corrected chi connectivity index (χ4v) is 6.03. The van der Waals surface area contributed by atoms with Gasteiger partial charge in [-0.1, -0.05) is 92.2 Å². The summed E-state index contributed by atoms with van der Waals surface area (Å²) in [7, 11) is 0. The number of rotatable bonds is 15. The van der Waals surface area contributed by atoms with Gasteiger partial charge < -0.3 is 28.5 Å². The summed E-state index contributed by atoms with van der Waals surface area (Å²) in [6, 6.07) is 0. The van der Waals surface area contributed by atoms with E-state index in [1.165, 1.54) is 53.9 Å². The van der Waals surface area contributed by atoms with Gasteiger partial charge in [-0.3, -0.25) is 0 Å². The van der Waals surface area contributed by atoms with E-state index < -0.39 is 13.5 Å². The van der Waals surface area contributed by atoms with E-state index in [0.717, 1.165) is 81.5 Å². The molecule has 0 amide bonds. The van der Waals surface area contributed by atoms with Crippen LogP contribution in [0.4, 0.5) is 0 Å². The van der Waals surface area contributed by atoms with Crippen molar-refractivity contribution in [1.29, 1.82) is 0 Å². The standard InChI is InChI=1S/C26H48B2N6O6S3/c1-6-11-16-27-35-29-21-24(41-18-13-8-3)32-38-28(17-12-7-2,39-33-25(22-30-36-27)42-19-14-9-4)40-34-26(23-31-37-27)43-20-15-10-5/h21-23H,6-20H2,1-5H3/q-2/b29-21-,30-22-,31-23?,32-24+,33-25?,34-26+. The first-order valence-electron chi connectivity index (χ1n) is 15.7. The molecule has 2 atom stereocenters. The molecule has 0 fully saturated rings. The molecule has 0 aromatic heterocycles. The van der Waals surface area contributed by atoms with Crippen LogP contribution in [0.5, 0.6) is 0 Å². The van der Waals surface area contributed by atoms with Gasteiger partial charge in [0.25, 0.3) is 0 Å². The highest BCUT2D eigenvalue weighted by atomic mass is 32.2. The summed E-state index contributed by atoms with van der Waals surface area (Å²) in [6.45, 7) is 5.34. The zero-order valence-electron chi connectivity index (χ0n) is 26.4. The predicted molar refractivity (Wildman–Crippen MR) is 187 cm³/mol. The van der Waals surface area contributed by atoms with Crippen LogP contribution in [0, 0.1) is 0 Å². The Hall–Kier alpha value is -2.00. The number of nitrogens with zero attached hydrogens (tertiary/aromatic N) is 6. The molecule has 0 aromatic rings. The van der Waals surface area contributed by atoms with Crippen molar-refractivity contribution in [3.05, 3.63) is 0 Å². The Morgan fingerprint density at radius 1 is 0.465 bits per heavy atom. The Kier molecular flexibility index (Phi) is 19.5. The van der Waals surface area contributed by atoms with Crippen molar-refractivity contribution in [2.24, 2.45) is 30.9 Å². The van der Waals surface area contributed by atoms with Crippen molar-refractivity contribution in [2.45, 2.75) is 111 Å². The zero-order chi connectivity index (χ0) is 31.1. The van der Waals surface area contributed by atoms with Crippen LogP contribution in [0.25, 0.3) is 0 Å². The number of hydrogen-bond donors (Lipinski definition) is 0. The quantitative estimate of drug-likeness (QED) is 0.127. The minimum Gasteiger partial charge on any atom is -0.540 e. The van der Waals surface area contributed by atoms with E-state index in [4.69, 9.17) is 28.5 Å². The lowest BCUT2D eigenvalue weighted by Gasteiger charge is -2.35. The maximum atomic E-state index is 6.11. The molecule has 17 heteroatoms. The van der Waals surface area contributed by atoms with Gasteiger partial charge in [0.15, 0.2) is 15.1 Å². The average molecular weight is 659 g/mol. The fourth-order valence-electron chi connectivity index (χ4n) is 3.47. The Balaban J connectivity index is 2.69. The Morgan fingerprint density at radius 2 is 0.767 bits per heavy atom. The van der Waals surface area contributed by atoms with Crippen LogP contribution in [0.1, 0.15) is 98.8 Å². The number of fused-ring (bicyclic) bond motifs is 9. The van der Waals surface area contributed by atoms with Crippen molar-refractivity contribution in [2.75, 3.05) is 17.3 Å². The van der Waals surface area contributed by atoms with Gasteiger partial charge >= 0.3 is 13.5 Å². The predicted octanol–water partition coefficient (Wildman–Crippen LogP) is 8.09. The monoisotopic (exact) mass is 658 g/mol. The molecule has 0 N–H and O–H groups in total. The molecular formula is C26H48B2N6O6S3-2.